The molecule has 0 radical (unpaired) electrons. The molecule has 1 heterocycles. The molecule has 0 fully saturated rings. The number of pyridine rings is 1. The number of amides is 1. The van der Waals surface area contributed by atoms with Crippen molar-refractivity contribution in [3.63, 3.8) is 0 Å². The van der Waals surface area contributed by atoms with Crippen LogP contribution in [0.15, 0.2) is 77.6 Å². The van der Waals surface area contributed by atoms with Gasteiger partial charge < -0.3 is 25.7 Å². The monoisotopic (exact) mass is 498 g/mol. The number of methoxy groups -OCH3 is 2. The predicted octanol–water partition coefficient (Wildman–Crippen LogP) is 5.58. The molecule has 4 N–H and O–H groups in total. The molecule has 8 nitrogen and oxygen atoms in total. The standard InChI is InChI=1S/C29H30N4O4/c1-29(2,3)26(30)16-27(31)33-28(34)20-8-6-7-17-13-18(9-10-19(17)20)37-23-11-12-32-22-15-25(36-5)24(35-4)14-21(22)23/h6-16H,30H2,1-5H3,(H2,31,33,34)/b26-16-. The number of amidine groups is 1. The third kappa shape index (κ3) is 5.48. The summed E-state index contributed by atoms with van der Waals surface area (Å²) in [6.07, 6.45) is 3.20. The smallest absolute Gasteiger partial charge is 0.279 e. The number of carbonyl (C=O) groups excluding carboxylic acids is 1. The number of hydrogen-bond donors (Lipinski definition) is 2. The minimum absolute atomic E-state index is 0.0611. The Morgan fingerprint density at radius 2 is 1.65 bits per heavy atom. The molecule has 0 aliphatic carbocycles. The normalized spacial score (nSPS) is 12.6. The van der Waals surface area contributed by atoms with Gasteiger partial charge in [-0.1, -0.05) is 32.9 Å². The molecular weight excluding hydrogens is 468 g/mol. The molecule has 190 valence electrons. The van der Waals surface area contributed by atoms with Gasteiger partial charge >= 0.3 is 0 Å². The van der Waals surface area contributed by atoms with Gasteiger partial charge in [0.25, 0.3) is 5.91 Å². The van der Waals surface area contributed by atoms with Crippen LogP contribution in [-0.4, -0.2) is 30.9 Å². The Labute approximate surface area is 215 Å². The summed E-state index contributed by atoms with van der Waals surface area (Å²) in [7, 11) is 3.16. The molecule has 0 aliphatic rings. The SMILES string of the molecule is COc1cc2nccc(Oc3ccc4c(C(=O)N=C(N)/C=C(\N)C(C)(C)C)cccc4c3)c2cc1OC. The molecule has 1 aromatic heterocycles. The summed E-state index contributed by atoms with van der Waals surface area (Å²) in [5.74, 6) is 1.99. The quantitative estimate of drug-likeness (QED) is 0.263. The van der Waals surface area contributed by atoms with Crippen molar-refractivity contribution in [2.75, 3.05) is 14.2 Å². The van der Waals surface area contributed by atoms with Crippen molar-refractivity contribution >= 4 is 33.4 Å². The lowest BCUT2D eigenvalue weighted by molar-refractivity contribution is 0.100. The van der Waals surface area contributed by atoms with Gasteiger partial charge in [-0.15, -0.1) is 0 Å². The van der Waals surface area contributed by atoms with E-state index in [1.54, 1.807) is 50.7 Å². The number of aliphatic imine (C=N–C) groups is 1. The summed E-state index contributed by atoms with van der Waals surface area (Å²) < 4.78 is 17.0. The van der Waals surface area contributed by atoms with Gasteiger partial charge in [-0.2, -0.15) is 4.99 Å². The van der Waals surface area contributed by atoms with E-state index in [0.29, 0.717) is 39.8 Å². The van der Waals surface area contributed by atoms with Crippen LogP contribution < -0.4 is 25.7 Å². The van der Waals surface area contributed by atoms with Gasteiger partial charge in [-0.3, -0.25) is 9.78 Å². The predicted molar refractivity (Wildman–Crippen MR) is 147 cm³/mol. The Balaban J connectivity index is 1.67. The fourth-order valence-electron chi connectivity index (χ4n) is 3.76. The molecule has 4 rings (SSSR count). The van der Waals surface area contributed by atoms with Gasteiger partial charge in [0, 0.05) is 34.3 Å². The van der Waals surface area contributed by atoms with E-state index in [9.17, 15) is 4.79 Å². The number of fused-ring (bicyclic) bond motifs is 2. The Morgan fingerprint density at radius 1 is 0.919 bits per heavy atom. The van der Waals surface area contributed by atoms with E-state index < -0.39 is 5.91 Å². The highest BCUT2D eigenvalue weighted by atomic mass is 16.5. The summed E-state index contributed by atoms with van der Waals surface area (Å²) in [4.78, 5) is 21.4. The maximum absolute atomic E-state index is 12.9. The first-order chi connectivity index (χ1) is 17.6. The molecule has 0 aliphatic heterocycles. The van der Waals surface area contributed by atoms with Crippen molar-refractivity contribution < 1.29 is 19.0 Å². The molecule has 0 atom stereocenters. The van der Waals surface area contributed by atoms with Gasteiger partial charge in [-0.05, 0) is 53.2 Å². The number of nitrogens with zero attached hydrogens (tertiary/aromatic N) is 2. The molecule has 8 heteroatoms. The van der Waals surface area contributed by atoms with E-state index in [1.165, 1.54) is 6.08 Å². The molecular formula is C29H30N4O4. The summed E-state index contributed by atoms with van der Waals surface area (Å²) in [5.41, 5.74) is 13.4. The summed E-state index contributed by atoms with van der Waals surface area (Å²) in [5, 5.41) is 2.33. The second-order valence-electron chi connectivity index (χ2n) is 9.52. The largest absolute Gasteiger partial charge is 0.493 e. The van der Waals surface area contributed by atoms with Crippen molar-refractivity contribution in [3.05, 3.63) is 78.1 Å². The second-order valence-corrected chi connectivity index (χ2v) is 9.52. The number of benzene rings is 3. The third-order valence-corrected chi connectivity index (χ3v) is 5.92. The highest BCUT2D eigenvalue weighted by Gasteiger charge is 2.16. The van der Waals surface area contributed by atoms with Gasteiger partial charge in [0.05, 0.1) is 19.7 Å². The zero-order chi connectivity index (χ0) is 26.7. The Hall–Kier alpha value is -4.59. The van der Waals surface area contributed by atoms with Crippen LogP contribution in [0.5, 0.6) is 23.0 Å². The summed E-state index contributed by atoms with van der Waals surface area (Å²) in [6.45, 7) is 5.88. The molecule has 0 spiro atoms. The van der Waals surface area contributed by atoms with Crippen molar-refractivity contribution in [1.82, 2.24) is 4.98 Å². The van der Waals surface area contributed by atoms with Gasteiger partial charge in [-0.25, -0.2) is 0 Å². The van der Waals surface area contributed by atoms with Gasteiger partial charge in [0.15, 0.2) is 11.5 Å². The van der Waals surface area contributed by atoms with E-state index >= 15 is 0 Å². The van der Waals surface area contributed by atoms with E-state index in [4.69, 9.17) is 25.7 Å². The van der Waals surface area contributed by atoms with Crippen molar-refractivity contribution in [2.45, 2.75) is 20.8 Å². The molecule has 0 saturated heterocycles. The number of rotatable bonds is 6. The number of hydrogen-bond acceptors (Lipinski definition) is 6. The number of ether oxygens (including phenoxy) is 3. The second kappa shape index (κ2) is 10.2. The van der Waals surface area contributed by atoms with Crippen LogP contribution in [0.2, 0.25) is 0 Å². The number of allylic oxidation sites excluding steroid dienone is 1. The number of carbonyl (C=O) groups is 1. The molecule has 0 unspecified atom stereocenters. The molecule has 0 saturated carbocycles. The maximum Gasteiger partial charge on any atom is 0.279 e. The first-order valence-corrected chi connectivity index (χ1v) is 11.7. The Morgan fingerprint density at radius 3 is 2.35 bits per heavy atom. The summed E-state index contributed by atoms with van der Waals surface area (Å²) >= 11 is 0. The minimum atomic E-state index is -0.448. The highest BCUT2D eigenvalue weighted by molar-refractivity contribution is 6.12. The van der Waals surface area contributed by atoms with Crippen molar-refractivity contribution in [2.24, 2.45) is 21.9 Å². The fourth-order valence-corrected chi connectivity index (χ4v) is 3.76. The van der Waals surface area contributed by atoms with E-state index in [1.807, 2.05) is 45.0 Å². The Kier molecular flexibility index (Phi) is 7.02. The van der Waals surface area contributed by atoms with E-state index in [0.717, 1.165) is 16.2 Å². The van der Waals surface area contributed by atoms with Crippen LogP contribution >= 0.6 is 0 Å². The average molecular weight is 499 g/mol. The molecule has 0 bridgehead atoms. The van der Waals surface area contributed by atoms with Crippen LogP contribution in [-0.2, 0) is 0 Å². The molecule has 37 heavy (non-hydrogen) atoms. The molecule has 3 aromatic carbocycles. The lowest BCUT2D eigenvalue weighted by Crippen LogP contribution is -2.21. The van der Waals surface area contributed by atoms with Crippen LogP contribution in [0.3, 0.4) is 0 Å². The number of aromatic nitrogens is 1. The van der Waals surface area contributed by atoms with Crippen LogP contribution in [0, 0.1) is 5.41 Å². The van der Waals surface area contributed by atoms with Crippen molar-refractivity contribution in [1.29, 1.82) is 0 Å². The zero-order valence-electron chi connectivity index (χ0n) is 21.5. The van der Waals surface area contributed by atoms with Gasteiger partial charge in [0.1, 0.15) is 17.3 Å². The first-order valence-electron chi connectivity index (χ1n) is 11.7. The lowest BCUT2D eigenvalue weighted by Gasteiger charge is -2.18. The minimum Gasteiger partial charge on any atom is -0.493 e. The van der Waals surface area contributed by atoms with Crippen LogP contribution in [0.4, 0.5) is 0 Å². The zero-order valence-corrected chi connectivity index (χ0v) is 21.5. The first kappa shape index (κ1) is 25.5. The maximum atomic E-state index is 12.9. The number of nitrogens with two attached hydrogens (primary N) is 2. The average Bonchev–Trinajstić information content (AvgIpc) is 2.86. The lowest BCUT2D eigenvalue weighted by atomic mass is 9.92. The third-order valence-electron chi connectivity index (χ3n) is 5.92. The van der Waals surface area contributed by atoms with Crippen LogP contribution in [0.1, 0.15) is 31.1 Å². The van der Waals surface area contributed by atoms with Crippen LogP contribution in [0.25, 0.3) is 21.7 Å². The molecule has 4 aromatic rings. The van der Waals surface area contributed by atoms with E-state index in [2.05, 4.69) is 9.98 Å². The summed E-state index contributed by atoms with van der Waals surface area (Å²) in [6, 6.07) is 16.3. The highest BCUT2D eigenvalue weighted by Crippen LogP contribution is 2.37. The topological polar surface area (TPSA) is 122 Å². The molecule has 1 amide bonds. The fraction of sp³-hybridized carbons (Fsp3) is 0.207. The van der Waals surface area contributed by atoms with E-state index in [-0.39, 0.29) is 11.3 Å². The van der Waals surface area contributed by atoms with Crippen molar-refractivity contribution in [3.8, 4) is 23.0 Å². The Bertz CT molecular complexity index is 1550. The van der Waals surface area contributed by atoms with Gasteiger partial charge in [0.2, 0.25) is 0 Å².